The van der Waals surface area contributed by atoms with E-state index < -0.39 is 0 Å². The van der Waals surface area contributed by atoms with E-state index in [1.807, 2.05) is 41.0 Å². The average molecular weight is 434 g/mol. The highest BCUT2D eigenvalue weighted by Crippen LogP contribution is 2.50. The van der Waals surface area contributed by atoms with Crippen LogP contribution in [0.25, 0.3) is 11.1 Å². The molecule has 2 saturated carbocycles. The summed E-state index contributed by atoms with van der Waals surface area (Å²) in [5.41, 5.74) is 2.66. The average Bonchev–Trinajstić information content (AvgIpc) is 3.73. The van der Waals surface area contributed by atoms with Gasteiger partial charge in [-0.15, -0.1) is 0 Å². The number of hydrogen-bond acceptors (Lipinski definition) is 4. The molecule has 2 aliphatic carbocycles. The highest BCUT2D eigenvalue weighted by molar-refractivity contribution is 5.83. The van der Waals surface area contributed by atoms with Crippen molar-refractivity contribution in [3.8, 4) is 11.1 Å². The molecular weight excluding hydrogens is 402 g/mol. The number of nitrogens with zero attached hydrogens (tertiary/aromatic N) is 2. The molecule has 168 valence electrons. The Bertz CT molecular complexity index is 1070. The molecule has 6 heteroatoms. The Morgan fingerprint density at radius 2 is 1.78 bits per heavy atom. The van der Waals surface area contributed by atoms with Gasteiger partial charge in [-0.25, -0.2) is 0 Å². The van der Waals surface area contributed by atoms with Crippen LogP contribution in [-0.4, -0.2) is 46.2 Å². The van der Waals surface area contributed by atoms with Crippen molar-refractivity contribution in [1.82, 2.24) is 14.8 Å². The van der Waals surface area contributed by atoms with Gasteiger partial charge in [0.2, 0.25) is 5.91 Å². The molecule has 6 nitrogen and oxygen atoms in total. The SMILES string of the molecule is O=C(NCC1CC1)[C@@H]1[C@@H](CO)[C@@H]2Cn3c(ccc(-c4ccccc4)c3=O)[C@@H]2N1CC1CC1. The molecule has 3 heterocycles. The number of nitrogens with one attached hydrogen (secondary N) is 1. The fourth-order valence-electron chi connectivity index (χ4n) is 5.92. The number of fused-ring (bicyclic) bond motifs is 3. The number of likely N-dealkylation sites (tertiary alicyclic amines) is 1. The lowest BCUT2D eigenvalue weighted by Gasteiger charge is -2.31. The smallest absolute Gasteiger partial charge is 0.258 e. The number of pyridine rings is 1. The van der Waals surface area contributed by atoms with Crippen LogP contribution in [0.1, 0.15) is 37.4 Å². The van der Waals surface area contributed by atoms with E-state index in [1.165, 1.54) is 25.7 Å². The van der Waals surface area contributed by atoms with Crippen LogP contribution in [0.2, 0.25) is 0 Å². The molecule has 0 spiro atoms. The van der Waals surface area contributed by atoms with Crippen LogP contribution in [0.15, 0.2) is 47.3 Å². The Hall–Kier alpha value is -2.44. The molecule has 0 unspecified atom stereocenters. The van der Waals surface area contributed by atoms with E-state index in [-0.39, 0.29) is 42.0 Å². The molecule has 4 aliphatic rings. The number of aromatic nitrogens is 1. The quantitative estimate of drug-likeness (QED) is 0.703. The first-order valence-corrected chi connectivity index (χ1v) is 12.1. The Kier molecular flexibility index (Phi) is 4.95. The second-order valence-corrected chi connectivity index (χ2v) is 10.2. The van der Waals surface area contributed by atoms with Gasteiger partial charge in [-0.1, -0.05) is 30.3 Å². The Morgan fingerprint density at radius 3 is 2.47 bits per heavy atom. The van der Waals surface area contributed by atoms with Crippen molar-refractivity contribution in [3.05, 3.63) is 58.5 Å². The molecule has 4 atom stereocenters. The molecule has 1 aromatic carbocycles. The van der Waals surface area contributed by atoms with Gasteiger partial charge in [0.15, 0.2) is 0 Å². The van der Waals surface area contributed by atoms with Crippen molar-refractivity contribution >= 4 is 5.91 Å². The Morgan fingerprint density at radius 1 is 1.03 bits per heavy atom. The largest absolute Gasteiger partial charge is 0.396 e. The Labute approximate surface area is 188 Å². The van der Waals surface area contributed by atoms with Crippen molar-refractivity contribution in [2.45, 2.75) is 44.3 Å². The first-order chi connectivity index (χ1) is 15.7. The molecule has 2 aliphatic heterocycles. The van der Waals surface area contributed by atoms with Crippen LogP contribution in [0.4, 0.5) is 0 Å². The van der Waals surface area contributed by atoms with Crippen LogP contribution in [0, 0.1) is 23.7 Å². The van der Waals surface area contributed by atoms with Crippen molar-refractivity contribution in [3.63, 3.8) is 0 Å². The minimum absolute atomic E-state index is 0.0157. The summed E-state index contributed by atoms with van der Waals surface area (Å²) in [6.07, 6.45) is 4.80. The minimum atomic E-state index is -0.313. The normalized spacial score (nSPS) is 29.0. The van der Waals surface area contributed by atoms with Crippen molar-refractivity contribution < 1.29 is 9.90 Å². The first-order valence-electron chi connectivity index (χ1n) is 12.1. The molecule has 1 aromatic heterocycles. The van der Waals surface area contributed by atoms with E-state index in [2.05, 4.69) is 16.3 Å². The number of carbonyl (C=O) groups excluding carboxylic acids is 1. The maximum atomic E-state index is 13.4. The number of aliphatic hydroxyl groups is 1. The van der Waals surface area contributed by atoms with Crippen molar-refractivity contribution in [2.75, 3.05) is 19.7 Å². The summed E-state index contributed by atoms with van der Waals surface area (Å²) in [5.74, 6) is 1.23. The summed E-state index contributed by atoms with van der Waals surface area (Å²) in [7, 11) is 0. The molecule has 1 saturated heterocycles. The fraction of sp³-hybridized carbons (Fsp3) is 0.538. The summed E-state index contributed by atoms with van der Waals surface area (Å²) >= 11 is 0. The third kappa shape index (κ3) is 3.41. The van der Waals surface area contributed by atoms with E-state index in [4.69, 9.17) is 0 Å². The topological polar surface area (TPSA) is 74.6 Å². The Balaban J connectivity index is 1.36. The number of carbonyl (C=O) groups is 1. The molecule has 3 fully saturated rings. The third-order valence-corrected chi connectivity index (χ3v) is 7.97. The zero-order chi connectivity index (χ0) is 21.8. The summed E-state index contributed by atoms with van der Waals surface area (Å²) in [5, 5.41) is 13.5. The van der Waals surface area contributed by atoms with Crippen LogP contribution in [-0.2, 0) is 11.3 Å². The van der Waals surface area contributed by atoms with Gasteiger partial charge in [0.05, 0.1) is 12.1 Å². The summed E-state index contributed by atoms with van der Waals surface area (Å²) < 4.78 is 1.90. The van der Waals surface area contributed by atoms with Crippen LogP contribution >= 0.6 is 0 Å². The van der Waals surface area contributed by atoms with E-state index in [1.54, 1.807) is 0 Å². The van der Waals surface area contributed by atoms with Gasteiger partial charge < -0.3 is 15.0 Å². The molecular formula is C26H31N3O3. The number of rotatable bonds is 7. The monoisotopic (exact) mass is 433 g/mol. The maximum absolute atomic E-state index is 13.4. The lowest BCUT2D eigenvalue weighted by molar-refractivity contribution is -0.127. The van der Waals surface area contributed by atoms with E-state index in [0.717, 1.165) is 24.3 Å². The van der Waals surface area contributed by atoms with Gasteiger partial charge >= 0.3 is 0 Å². The zero-order valence-corrected chi connectivity index (χ0v) is 18.3. The molecule has 1 amide bonds. The number of hydrogen-bond donors (Lipinski definition) is 2. The summed E-state index contributed by atoms with van der Waals surface area (Å²) in [6, 6.07) is 13.5. The van der Waals surface area contributed by atoms with Gasteiger partial charge in [0, 0.05) is 49.3 Å². The van der Waals surface area contributed by atoms with Crippen molar-refractivity contribution in [1.29, 1.82) is 0 Å². The van der Waals surface area contributed by atoms with E-state index >= 15 is 0 Å². The van der Waals surface area contributed by atoms with Crippen LogP contribution in [0.3, 0.4) is 0 Å². The molecule has 32 heavy (non-hydrogen) atoms. The van der Waals surface area contributed by atoms with Gasteiger partial charge in [0.25, 0.3) is 5.56 Å². The minimum Gasteiger partial charge on any atom is -0.396 e. The molecule has 0 bridgehead atoms. The number of aliphatic hydroxyl groups excluding tert-OH is 1. The highest BCUT2D eigenvalue weighted by atomic mass is 16.3. The third-order valence-electron chi connectivity index (χ3n) is 7.97. The van der Waals surface area contributed by atoms with E-state index in [9.17, 15) is 14.7 Å². The second kappa shape index (κ2) is 7.85. The first kappa shape index (κ1) is 20.2. The maximum Gasteiger partial charge on any atom is 0.258 e. The van der Waals surface area contributed by atoms with E-state index in [0.29, 0.717) is 23.9 Å². The van der Waals surface area contributed by atoms with Gasteiger partial charge in [-0.05, 0) is 55.2 Å². The predicted molar refractivity (Wildman–Crippen MR) is 122 cm³/mol. The van der Waals surface area contributed by atoms with Gasteiger partial charge in [-0.2, -0.15) is 0 Å². The molecule has 2 N–H and O–H groups in total. The molecule has 0 radical (unpaired) electrons. The zero-order valence-electron chi connectivity index (χ0n) is 18.3. The summed E-state index contributed by atoms with van der Waals surface area (Å²) in [4.78, 5) is 29.0. The second-order valence-electron chi connectivity index (χ2n) is 10.2. The van der Waals surface area contributed by atoms with Crippen molar-refractivity contribution in [2.24, 2.45) is 23.7 Å². The molecule has 6 rings (SSSR count). The van der Waals surface area contributed by atoms with Crippen LogP contribution < -0.4 is 10.9 Å². The highest BCUT2D eigenvalue weighted by Gasteiger charge is 2.56. The van der Waals surface area contributed by atoms with Crippen LogP contribution in [0.5, 0.6) is 0 Å². The standard InChI is InChI=1S/C26H31N3O3/c30-15-21-20-14-28-22(11-10-19(26(28)32)18-4-2-1-3-5-18)23(20)29(13-17-8-9-17)24(21)25(31)27-12-16-6-7-16/h1-5,10-11,16-17,20-21,23-24,30H,6-9,12-15H2,(H,27,31)/t20-,21-,23+,24-/m0/s1. The summed E-state index contributed by atoms with van der Waals surface area (Å²) in [6.45, 7) is 2.15. The van der Waals surface area contributed by atoms with Gasteiger partial charge in [-0.3, -0.25) is 14.5 Å². The predicted octanol–water partition coefficient (Wildman–Crippen LogP) is 2.42. The lowest BCUT2D eigenvalue weighted by Crippen LogP contribution is -2.49. The number of benzene rings is 1. The lowest BCUT2D eigenvalue weighted by atomic mass is 9.88. The fourth-order valence-corrected chi connectivity index (χ4v) is 5.92. The van der Waals surface area contributed by atoms with Gasteiger partial charge in [0.1, 0.15) is 0 Å². The number of amides is 1. The molecule has 2 aromatic rings.